The summed E-state index contributed by atoms with van der Waals surface area (Å²) in [6, 6.07) is 10.8. The van der Waals surface area contributed by atoms with Gasteiger partial charge in [-0.05, 0) is 34.4 Å². The van der Waals surface area contributed by atoms with Crippen LogP contribution in [0.3, 0.4) is 0 Å². The molecule has 0 fully saturated rings. The van der Waals surface area contributed by atoms with Crippen LogP contribution in [0, 0.1) is 0 Å². The number of rotatable bonds is 4. The number of benzene rings is 1. The number of nitrogens with zero attached hydrogens (tertiary/aromatic N) is 2. The molecule has 0 spiro atoms. The molecular weight excluding hydrogens is 372 g/mol. The molecule has 1 aromatic heterocycles. The van der Waals surface area contributed by atoms with Crippen molar-refractivity contribution >= 4 is 34.7 Å². The molecule has 0 amide bonds. The van der Waals surface area contributed by atoms with Crippen molar-refractivity contribution in [2.75, 3.05) is 13.1 Å². The standard InChI is InChI=1S/C21H19ClN2S.C2H6/c1-3-14(2)24-12-19(18-10-21(22)25-20(18)13-24)17-7-5-4-6-16(17)15-8-9-23-11-15;1-2/h3-8,10-11,19H,1-2,9,12-13H2;1-2H3. The Morgan fingerprint density at radius 3 is 2.78 bits per heavy atom. The van der Waals surface area contributed by atoms with E-state index in [-0.39, 0.29) is 5.92 Å². The molecule has 1 unspecified atom stereocenters. The molecule has 0 saturated carbocycles. The molecule has 0 bridgehead atoms. The summed E-state index contributed by atoms with van der Waals surface area (Å²) >= 11 is 8.02. The predicted octanol–water partition coefficient (Wildman–Crippen LogP) is 6.54. The Balaban J connectivity index is 0.00000102. The minimum absolute atomic E-state index is 0.260. The number of halogens is 1. The van der Waals surface area contributed by atoms with Crippen molar-refractivity contribution in [3.05, 3.63) is 87.2 Å². The van der Waals surface area contributed by atoms with Gasteiger partial charge >= 0.3 is 0 Å². The van der Waals surface area contributed by atoms with Gasteiger partial charge in [0.15, 0.2) is 0 Å². The van der Waals surface area contributed by atoms with Gasteiger partial charge in [0.1, 0.15) is 0 Å². The van der Waals surface area contributed by atoms with Crippen LogP contribution in [0.2, 0.25) is 4.34 Å². The van der Waals surface area contributed by atoms with E-state index in [4.69, 9.17) is 11.6 Å². The number of thiophene rings is 1. The molecule has 0 radical (unpaired) electrons. The van der Waals surface area contributed by atoms with Crippen molar-refractivity contribution in [3.63, 3.8) is 0 Å². The van der Waals surface area contributed by atoms with E-state index in [9.17, 15) is 0 Å². The van der Waals surface area contributed by atoms with Gasteiger partial charge in [0.2, 0.25) is 0 Å². The third-order valence-corrected chi connectivity index (χ3v) is 6.13. The number of hydrogen-bond donors (Lipinski definition) is 0. The van der Waals surface area contributed by atoms with Crippen LogP contribution in [0.25, 0.3) is 5.57 Å². The minimum atomic E-state index is 0.260. The Kier molecular flexibility index (Phi) is 6.35. The van der Waals surface area contributed by atoms with Crippen LogP contribution < -0.4 is 0 Å². The lowest BCUT2D eigenvalue weighted by Gasteiger charge is -2.35. The topological polar surface area (TPSA) is 15.6 Å². The summed E-state index contributed by atoms with van der Waals surface area (Å²) in [7, 11) is 0. The second-order valence-corrected chi connectivity index (χ2v) is 8.07. The SMILES string of the molecule is C=CC(=C)N1Cc2sc(Cl)cc2C(c2ccccc2C2=CCN=C2)C1.CC. The number of allylic oxidation sites excluding steroid dienone is 2. The molecule has 1 aromatic carbocycles. The molecule has 27 heavy (non-hydrogen) atoms. The van der Waals surface area contributed by atoms with Gasteiger partial charge in [-0.1, -0.05) is 68.9 Å². The molecule has 2 aliphatic rings. The minimum Gasteiger partial charge on any atom is -0.366 e. The first-order valence-corrected chi connectivity index (χ1v) is 10.5. The van der Waals surface area contributed by atoms with Crippen LogP contribution in [-0.2, 0) is 6.54 Å². The largest absolute Gasteiger partial charge is 0.366 e. The summed E-state index contributed by atoms with van der Waals surface area (Å²) in [5.41, 5.74) is 6.08. The fourth-order valence-electron chi connectivity index (χ4n) is 3.60. The molecule has 0 N–H and O–H groups in total. The van der Waals surface area contributed by atoms with Crippen LogP contribution in [0.15, 0.2) is 66.3 Å². The zero-order valence-electron chi connectivity index (χ0n) is 15.9. The van der Waals surface area contributed by atoms with E-state index >= 15 is 0 Å². The lowest BCUT2D eigenvalue weighted by molar-refractivity contribution is 0.319. The molecule has 2 aromatic rings. The van der Waals surface area contributed by atoms with Crippen molar-refractivity contribution in [1.82, 2.24) is 4.90 Å². The van der Waals surface area contributed by atoms with E-state index < -0.39 is 0 Å². The van der Waals surface area contributed by atoms with Gasteiger partial charge in [-0.25, -0.2) is 0 Å². The molecule has 0 aliphatic carbocycles. The Labute approximate surface area is 171 Å². The maximum atomic E-state index is 6.36. The third-order valence-electron chi connectivity index (χ3n) is 4.86. The number of fused-ring (bicyclic) bond motifs is 1. The highest BCUT2D eigenvalue weighted by atomic mass is 35.5. The second-order valence-electron chi connectivity index (χ2n) is 6.30. The molecule has 4 rings (SSSR count). The number of aliphatic imine (C=N–C) groups is 1. The molecule has 2 aliphatic heterocycles. The Morgan fingerprint density at radius 2 is 2.07 bits per heavy atom. The fourth-order valence-corrected chi connectivity index (χ4v) is 4.95. The summed E-state index contributed by atoms with van der Waals surface area (Å²) < 4.78 is 0.847. The summed E-state index contributed by atoms with van der Waals surface area (Å²) in [6.45, 7) is 14.5. The lowest BCUT2D eigenvalue weighted by atomic mass is 9.84. The van der Waals surface area contributed by atoms with Crippen LogP contribution in [0.1, 0.15) is 41.3 Å². The predicted molar refractivity (Wildman–Crippen MR) is 120 cm³/mol. The van der Waals surface area contributed by atoms with Gasteiger partial charge in [-0.2, -0.15) is 0 Å². The Hall–Kier alpha value is -2.10. The Bertz CT molecular complexity index is 907. The lowest BCUT2D eigenvalue weighted by Crippen LogP contribution is -2.32. The monoisotopic (exact) mass is 396 g/mol. The summed E-state index contributed by atoms with van der Waals surface area (Å²) in [4.78, 5) is 7.96. The van der Waals surface area contributed by atoms with Gasteiger partial charge in [0.25, 0.3) is 0 Å². The first-order valence-electron chi connectivity index (χ1n) is 9.31. The van der Waals surface area contributed by atoms with Crippen molar-refractivity contribution < 1.29 is 0 Å². The zero-order chi connectivity index (χ0) is 19.4. The quantitative estimate of drug-likeness (QED) is 0.535. The van der Waals surface area contributed by atoms with Gasteiger partial charge < -0.3 is 4.90 Å². The second kappa shape index (κ2) is 8.73. The van der Waals surface area contributed by atoms with Gasteiger partial charge in [0, 0.05) is 29.3 Å². The highest BCUT2D eigenvalue weighted by Gasteiger charge is 2.30. The first-order chi connectivity index (χ1) is 13.2. The average Bonchev–Trinajstić information content (AvgIpc) is 3.37. The third kappa shape index (κ3) is 3.95. The van der Waals surface area contributed by atoms with Crippen LogP contribution in [-0.4, -0.2) is 24.2 Å². The molecule has 2 nitrogen and oxygen atoms in total. The summed E-state index contributed by atoms with van der Waals surface area (Å²) in [6.07, 6.45) is 5.99. The average molecular weight is 397 g/mol. The van der Waals surface area contributed by atoms with Gasteiger partial charge in [0.05, 0.1) is 17.4 Å². The fraction of sp³-hybridized carbons (Fsp3) is 0.261. The number of hydrogen-bond acceptors (Lipinski definition) is 3. The Morgan fingerprint density at radius 1 is 1.30 bits per heavy atom. The van der Waals surface area contributed by atoms with Crippen molar-refractivity contribution in [1.29, 1.82) is 0 Å². The maximum absolute atomic E-state index is 6.36. The van der Waals surface area contributed by atoms with E-state index in [0.29, 0.717) is 0 Å². The molecule has 1 atom stereocenters. The molecule has 3 heterocycles. The van der Waals surface area contributed by atoms with Crippen LogP contribution in [0.5, 0.6) is 0 Å². The summed E-state index contributed by atoms with van der Waals surface area (Å²) in [5.74, 6) is 0.260. The van der Waals surface area contributed by atoms with Gasteiger partial charge in [-0.3, -0.25) is 4.99 Å². The van der Waals surface area contributed by atoms with E-state index in [1.165, 1.54) is 27.1 Å². The van der Waals surface area contributed by atoms with Gasteiger partial charge in [-0.15, -0.1) is 11.3 Å². The van der Waals surface area contributed by atoms with Crippen LogP contribution in [0.4, 0.5) is 0 Å². The summed E-state index contributed by atoms with van der Waals surface area (Å²) in [5, 5.41) is 0. The van der Waals surface area contributed by atoms with Crippen molar-refractivity contribution in [3.8, 4) is 0 Å². The first kappa shape index (κ1) is 19.7. The highest BCUT2D eigenvalue weighted by Crippen LogP contribution is 2.42. The smallest absolute Gasteiger partial charge is 0.0934 e. The zero-order valence-corrected chi connectivity index (χ0v) is 17.5. The molecule has 4 heteroatoms. The maximum Gasteiger partial charge on any atom is 0.0934 e. The normalized spacial score (nSPS) is 17.7. The van der Waals surface area contributed by atoms with E-state index in [1.807, 2.05) is 26.1 Å². The molecule has 140 valence electrons. The molecular formula is C23H25ClN2S. The molecule has 0 saturated heterocycles. The van der Waals surface area contributed by atoms with E-state index in [2.05, 4.69) is 59.5 Å². The van der Waals surface area contributed by atoms with Crippen molar-refractivity contribution in [2.45, 2.75) is 26.3 Å². The van der Waals surface area contributed by atoms with Crippen LogP contribution >= 0.6 is 22.9 Å². The van der Waals surface area contributed by atoms with E-state index in [1.54, 1.807) is 11.3 Å². The van der Waals surface area contributed by atoms with Crippen molar-refractivity contribution in [2.24, 2.45) is 4.99 Å². The highest BCUT2D eigenvalue weighted by molar-refractivity contribution is 7.16. The van der Waals surface area contributed by atoms with E-state index in [0.717, 1.165) is 29.7 Å².